The van der Waals surface area contributed by atoms with Gasteiger partial charge in [-0.15, -0.1) is 0 Å². The number of benzene rings is 3. The minimum atomic E-state index is -0.258. The molecule has 5 rings (SSSR count). The topological polar surface area (TPSA) is 53.4 Å². The summed E-state index contributed by atoms with van der Waals surface area (Å²) in [6.45, 7) is 5.41. The van der Waals surface area contributed by atoms with Gasteiger partial charge in [0, 0.05) is 12.1 Å². The Hall–Kier alpha value is -3.86. The van der Waals surface area contributed by atoms with Crippen LogP contribution in [0.4, 0.5) is 0 Å². The van der Waals surface area contributed by atoms with Crippen LogP contribution >= 0.6 is 0 Å². The molecule has 3 aromatic carbocycles. The molecule has 5 nitrogen and oxygen atoms in total. The summed E-state index contributed by atoms with van der Waals surface area (Å²) in [5, 5.41) is 0. The number of carbonyl (C=O) groups is 1. The first kappa shape index (κ1) is 21.0. The minimum Gasteiger partial charge on any atom is -0.488 e. The van der Waals surface area contributed by atoms with Crippen LogP contribution in [-0.4, -0.2) is 22.6 Å². The van der Waals surface area contributed by atoms with Gasteiger partial charge in [-0.25, -0.2) is 4.98 Å². The molecule has 2 heterocycles. The summed E-state index contributed by atoms with van der Waals surface area (Å²) in [6.07, 6.45) is 4.35. The van der Waals surface area contributed by atoms with Crippen LogP contribution in [0.3, 0.4) is 0 Å². The molecular weight excluding hydrogens is 412 g/mol. The highest BCUT2D eigenvalue weighted by Gasteiger charge is 2.20. The zero-order valence-electron chi connectivity index (χ0n) is 19.1. The second kappa shape index (κ2) is 8.58. The fourth-order valence-corrected chi connectivity index (χ4v) is 4.34. The third-order valence-corrected chi connectivity index (χ3v) is 6.33. The monoisotopic (exact) mass is 438 g/mol. The molecule has 0 unspecified atom stereocenters. The van der Waals surface area contributed by atoms with Crippen molar-refractivity contribution in [1.82, 2.24) is 9.55 Å². The van der Waals surface area contributed by atoms with Crippen LogP contribution < -0.4 is 4.74 Å². The minimum absolute atomic E-state index is 0.226. The van der Waals surface area contributed by atoms with Crippen LogP contribution in [0.25, 0.3) is 16.6 Å². The molecule has 4 aromatic rings. The van der Waals surface area contributed by atoms with Gasteiger partial charge in [-0.2, -0.15) is 0 Å². The van der Waals surface area contributed by atoms with Gasteiger partial charge >= 0.3 is 5.97 Å². The number of imidazole rings is 1. The molecule has 0 saturated heterocycles. The van der Waals surface area contributed by atoms with Gasteiger partial charge in [0.05, 0.1) is 30.9 Å². The SMILES string of the molecule is COC(=O)Cc1ccc2c(c1)C(=CCn1cnc3cc(C)c(C)cc31)c1ccccc1CO2. The third kappa shape index (κ3) is 4.02. The Morgan fingerprint density at radius 3 is 2.76 bits per heavy atom. The summed E-state index contributed by atoms with van der Waals surface area (Å²) >= 11 is 0. The number of aromatic nitrogens is 2. The Morgan fingerprint density at radius 1 is 1.09 bits per heavy atom. The van der Waals surface area contributed by atoms with E-state index in [-0.39, 0.29) is 12.4 Å². The van der Waals surface area contributed by atoms with E-state index in [9.17, 15) is 4.79 Å². The van der Waals surface area contributed by atoms with Crippen molar-refractivity contribution in [1.29, 1.82) is 0 Å². The molecule has 0 radical (unpaired) electrons. The molecule has 1 aliphatic heterocycles. The smallest absolute Gasteiger partial charge is 0.309 e. The number of fused-ring (bicyclic) bond motifs is 3. The number of aryl methyl sites for hydroxylation is 2. The first-order valence-corrected chi connectivity index (χ1v) is 11.1. The number of methoxy groups -OCH3 is 1. The van der Waals surface area contributed by atoms with E-state index in [2.05, 4.69) is 59.8 Å². The average molecular weight is 439 g/mol. The number of hydrogen-bond acceptors (Lipinski definition) is 4. The number of hydrogen-bond donors (Lipinski definition) is 0. The zero-order chi connectivity index (χ0) is 22.9. The van der Waals surface area contributed by atoms with Crippen molar-refractivity contribution in [3.63, 3.8) is 0 Å². The lowest BCUT2D eigenvalue weighted by Crippen LogP contribution is -2.05. The Labute approximate surface area is 193 Å². The van der Waals surface area contributed by atoms with Crippen molar-refractivity contribution in [3.8, 4) is 5.75 Å². The van der Waals surface area contributed by atoms with E-state index in [0.717, 1.165) is 44.6 Å². The molecule has 0 atom stereocenters. The molecule has 166 valence electrons. The predicted molar refractivity (Wildman–Crippen MR) is 129 cm³/mol. The Bertz CT molecular complexity index is 1400. The predicted octanol–water partition coefficient (Wildman–Crippen LogP) is 5.39. The van der Waals surface area contributed by atoms with E-state index < -0.39 is 0 Å². The van der Waals surface area contributed by atoms with E-state index in [1.165, 1.54) is 18.2 Å². The summed E-state index contributed by atoms with van der Waals surface area (Å²) in [7, 11) is 1.41. The number of nitrogens with zero attached hydrogens (tertiary/aromatic N) is 2. The lowest BCUT2D eigenvalue weighted by molar-refractivity contribution is -0.139. The zero-order valence-corrected chi connectivity index (χ0v) is 19.1. The molecule has 0 spiro atoms. The van der Waals surface area contributed by atoms with Gasteiger partial charge in [0.25, 0.3) is 0 Å². The second-order valence-corrected chi connectivity index (χ2v) is 8.47. The van der Waals surface area contributed by atoms with Crippen LogP contribution in [0.15, 0.2) is 67.0 Å². The van der Waals surface area contributed by atoms with Crippen molar-refractivity contribution in [3.05, 3.63) is 100 Å². The number of ether oxygens (including phenoxy) is 2. The van der Waals surface area contributed by atoms with Gasteiger partial charge in [0.2, 0.25) is 0 Å². The van der Waals surface area contributed by atoms with Gasteiger partial charge in [0.1, 0.15) is 12.4 Å². The van der Waals surface area contributed by atoms with Crippen LogP contribution in [0.5, 0.6) is 5.75 Å². The standard InChI is InChI=1S/C28H26N2O3/c1-18-12-25-26(13-19(18)2)30(17-29-25)11-10-23-22-7-5-4-6-21(22)16-33-27-9-8-20(14-24(23)27)15-28(31)32-3/h4-10,12-14,17H,11,15-16H2,1-3H3. The van der Waals surface area contributed by atoms with Crippen molar-refractivity contribution >= 4 is 22.6 Å². The number of allylic oxidation sites excluding steroid dienone is 1. The lowest BCUT2D eigenvalue weighted by atomic mass is 9.92. The first-order chi connectivity index (χ1) is 16.0. The van der Waals surface area contributed by atoms with Crippen molar-refractivity contribution in [2.75, 3.05) is 7.11 Å². The van der Waals surface area contributed by atoms with Crippen molar-refractivity contribution in [2.24, 2.45) is 0 Å². The van der Waals surface area contributed by atoms with E-state index in [0.29, 0.717) is 13.2 Å². The van der Waals surface area contributed by atoms with Crippen LogP contribution in [0.1, 0.15) is 33.4 Å². The van der Waals surface area contributed by atoms with Crippen molar-refractivity contribution in [2.45, 2.75) is 33.4 Å². The fourth-order valence-electron chi connectivity index (χ4n) is 4.34. The fraction of sp³-hybridized carbons (Fsp3) is 0.214. The molecule has 5 heteroatoms. The summed E-state index contributed by atoms with van der Waals surface area (Å²) in [6, 6.07) is 18.6. The first-order valence-electron chi connectivity index (χ1n) is 11.1. The molecule has 0 fully saturated rings. The second-order valence-electron chi connectivity index (χ2n) is 8.47. The molecule has 33 heavy (non-hydrogen) atoms. The highest BCUT2D eigenvalue weighted by molar-refractivity contribution is 5.86. The highest BCUT2D eigenvalue weighted by atomic mass is 16.5. The van der Waals surface area contributed by atoms with E-state index in [1.807, 2.05) is 30.6 Å². The van der Waals surface area contributed by atoms with Crippen molar-refractivity contribution < 1.29 is 14.3 Å². The number of rotatable bonds is 4. The normalized spacial score (nSPS) is 13.8. The largest absolute Gasteiger partial charge is 0.488 e. The Morgan fingerprint density at radius 2 is 1.91 bits per heavy atom. The average Bonchev–Trinajstić information content (AvgIpc) is 3.12. The lowest BCUT2D eigenvalue weighted by Gasteiger charge is -2.13. The summed E-state index contributed by atoms with van der Waals surface area (Å²) in [4.78, 5) is 16.5. The van der Waals surface area contributed by atoms with Gasteiger partial charge in [-0.3, -0.25) is 4.79 Å². The third-order valence-electron chi connectivity index (χ3n) is 6.33. The van der Waals surface area contributed by atoms with E-state index >= 15 is 0 Å². The van der Waals surface area contributed by atoms with Gasteiger partial charge in [-0.1, -0.05) is 36.4 Å². The molecule has 0 aliphatic carbocycles. The Balaban J connectivity index is 1.61. The molecule has 0 N–H and O–H groups in total. The molecule has 1 aromatic heterocycles. The molecule has 0 amide bonds. The highest BCUT2D eigenvalue weighted by Crippen LogP contribution is 2.37. The molecule has 1 aliphatic rings. The summed E-state index contributed by atoms with van der Waals surface area (Å²) in [5.41, 5.74) is 9.87. The van der Waals surface area contributed by atoms with Gasteiger partial charge in [-0.05, 0) is 71.5 Å². The summed E-state index contributed by atoms with van der Waals surface area (Å²) < 4.78 is 13.2. The summed E-state index contributed by atoms with van der Waals surface area (Å²) in [5.74, 6) is 0.555. The van der Waals surface area contributed by atoms with E-state index in [1.54, 1.807) is 0 Å². The van der Waals surface area contributed by atoms with Crippen LogP contribution in [0.2, 0.25) is 0 Å². The maximum atomic E-state index is 11.9. The van der Waals surface area contributed by atoms with Gasteiger partial charge < -0.3 is 14.0 Å². The number of carbonyl (C=O) groups excluding carboxylic acids is 1. The number of esters is 1. The maximum absolute atomic E-state index is 11.9. The molecule has 0 saturated carbocycles. The van der Waals surface area contributed by atoms with Gasteiger partial charge in [0.15, 0.2) is 0 Å². The van der Waals surface area contributed by atoms with Crippen LogP contribution in [-0.2, 0) is 29.1 Å². The quantitative estimate of drug-likeness (QED) is 0.401. The Kier molecular flexibility index (Phi) is 5.47. The van der Waals surface area contributed by atoms with Crippen LogP contribution in [0, 0.1) is 13.8 Å². The maximum Gasteiger partial charge on any atom is 0.309 e. The van der Waals surface area contributed by atoms with E-state index in [4.69, 9.17) is 9.47 Å². The molecular formula is C28H26N2O3. The molecule has 0 bridgehead atoms.